The molecule has 2 aromatic rings. The highest BCUT2D eigenvalue weighted by molar-refractivity contribution is 5.92. The molecule has 1 heterocycles. The number of para-hydroxylation sites is 2. The summed E-state index contributed by atoms with van der Waals surface area (Å²) in [7, 11) is 1.60. The molecule has 7 nitrogen and oxygen atoms in total. The number of amides is 1. The first-order valence-corrected chi connectivity index (χ1v) is 10.3. The third-order valence-electron chi connectivity index (χ3n) is 5.14. The van der Waals surface area contributed by atoms with Crippen molar-refractivity contribution in [2.75, 3.05) is 58.3 Å². The van der Waals surface area contributed by atoms with E-state index in [-0.39, 0.29) is 12.5 Å². The number of anilines is 1. The number of aliphatic hydroxyl groups excluding tert-OH is 1. The fourth-order valence-corrected chi connectivity index (χ4v) is 3.45. The maximum absolute atomic E-state index is 12.3. The average molecular weight is 414 g/mol. The summed E-state index contributed by atoms with van der Waals surface area (Å²) in [4.78, 5) is 16.6. The summed E-state index contributed by atoms with van der Waals surface area (Å²) < 4.78 is 11.0. The van der Waals surface area contributed by atoms with Gasteiger partial charge in [-0.2, -0.15) is 0 Å². The third kappa shape index (κ3) is 6.73. The number of nitrogens with zero attached hydrogens (tertiary/aromatic N) is 2. The first kappa shape index (κ1) is 22.1. The van der Waals surface area contributed by atoms with E-state index < -0.39 is 6.10 Å². The summed E-state index contributed by atoms with van der Waals surface area (Å²) in [5.41, 5.74) is 1.99. The number of aryl methyl sites for hydroxylation is 1. The molecule has 1 aliphatic heterocycles. The molecule has 1 aliphatic rings. The van der Waals surface area contributed by atoms with Gasteiger partial charge in [0.15, 0.2) is 11.5 Å². The SMILES string of the molecule is COc1ccccc1OCC(O)CN1CCN(CC(=O)Nc2ccc(C)cc2)CC1. The molecule has 2 N–H and O–H groups in total. The van der Waals surface area contributed by atoms with E-state index in [1.54, 1.807) is 7.11 Å². The van der Waals surface area contributed by atoms with Crippen LogP contribution in [0, 0.1) is 6.92 Å². The Morgan fingerprint density at radius 1 is 1.03 bits per heavy atom. The van der Waals surface area contributed by atoms with Gasteiger partial charge in [0.2, 0.25) is 5.91 Å². The van der Waals surface area contributed by atoms with Gasteiger partial charge in [0.1, 0.15) is 12.7 Å². The van der Waals surface area contributed by atoms with Crippen LogP contribution in [0.1, 0.15) is 5.56 Å². The number of carbonyl (C=O) groups is 1. The quantitative estimate of drug-likeness (QED) is 0.655. The summed E-state index contributed by atoms with van der Waals surface area (Å²) in [5, 5.41) is 13.3. The summed E-state index contributed by atoms with van der Waals surface area (Å²) in [6, 6.07) is 15.2. The molecule has 0 radical (unpaired) electrons. The number of β-amino-alcohol motifs (C(OH)–C–C–N with tert-alkyl or cyclic N) is 1. The van der Waals surface area contributed by atoms with Crippen LogP contribution in [0.5, 0.6) is 11.5 Å². The normalized spacial score (nSPS) is 16.1. The Morgan fingerprint density at radius 3 is 2.33 bits per heavy atom. The molecule has 0 spiro atoms. The number of hydrogen-bond acceptors (Lipinski definition) is 6. The molecule has 1 amide bonds. The van der Waals surface area contributed by atoms with Crippen LogP contribution in [0.15, 0.2) is 48.5 Å². The van der Waals surface area contributed by atoms with Gasteiger partial charge in [-0.15, -0.1) is 0 Å². The van der Waals surface area contributed by atoms with E-state index in [0.29, 0.717) is 24.6 Å². The Morgan fingerprint density at radius 2 is 1.67 bits per heavy atom. The van der Waals surface area contributed by atoms with Crippen LogP contribution in [0.4, 0.5) is 5.69 Å². The average Bonchev–Trinajstić information content (AvgIpc) is 2.75. The monoisotopic (exact) mass is 413 g/mol. The standard InChI is InChI=1S/C23H31N3O4/c1-18-7-9-19(10-8-18)24-23(28)16-26-13-11-25(12-14-26)15-20(27)17-30-22-6-4-3-5-21(22)29-2/h3-10,20,27H,11-17H2,1-2H3,(H,24,28). The van der Waals surface area contributed by atoms with E-state index in [4.69, 9.17) is 9.47 Å². The molecule has 1 unspecified atom stereocenters. The predicted molar refractivity (Wildman–Crippen MR) is 117 cm³/mol. The van der Waals surface area contributed by atoms with Crippen molar-refractivity contribution < 1.29 is 19.4 Å². The third-order valence-corrected chi connectivity index (χ3v) is 5.14. The van der Waals surface area contributed by atoms with E-state index in [9.17, 15) is 9.90 Å². The summed E-state index contributed by atoms with van der Waals surface area (Å²) in [6.07, 6.45) is -0.591. The van der Waals surface area contributed by atoms with Gasteiger partial charge in [0.05, 0.1) is 13.7 Å². The zero-order valence-corrected chi connectivity index (χ0v) is 17.7. The predicted octanol–water partition coefficient (Wildman–Crippen LogP) is 2.00. The fraction of sp³-hybridized carbons (Fsp3) is 0.435. The lowest BCUT2D eigenvalue weighted by atomic mass is 10.2. The van der Waals surface area contributed by atoms with Crippen LogP contribution < -0.4 is 14.8 Å². The minimum atomic E-state index is -0.591. The fourth-order valence-electron chi connectivity index (χ4n) is 3.45. The van der Waals surface area contributed by atoms with Crippen LogP contribution in [-0.4, -0.2) is 79.9 Å². The van der Waals surface area contributed by atoms with Gasteiger partial charge < -0.3 is 19.9 Å². The van der Waals surface area contributed by atoms with Gasteiger partial charge in [-0.25, -0.2) is 0 Å². The highest BCUT2D eigenvalue weighted by Gasteiger charge is 2.21. The highest BCUT2D eigenvalue weighted by atomic mass is 16.5. The van der Waals surface area contributed by atoms with Crippen molar-refractivity contribution in [3.8, 4) is 11.5 Å². The number of aliphatic hydroxyl groups is 1. The Kier molecular flexibility index (Phi) is 8.07. The van der Waals surface area contributed by atoms with Crippen LogP contribution in [0.25, 0.3) is 0 Å². The summed E-state index contributed by atoms with van der Waals surface area (Å²) >= 11 is 0. The molecular formula is C23H31N3O4. The van der Waals surface area contributed by atoms with Crippen LogP contribution >= 0.6 is 0 Å². The second-order valence-corrected chi connectivity index (χ2v) is 7.61. The first-order chi connectivity index (χ1) is 14.5. The van der Waals surface area contributed by atoms with Crippen molar-refractivity contribution in [1.29, 1.82) is 0 Å². The number of carbonyl (C=O) groups excluding carboxylic acids is 1. The summed E-state index contributed by atoms with van der Waals surface area (Å²) in [6.45, 7) is 6.35. The molecule has 3 rings (SSSR count). The zero-order valence-electron chi connectivity index (χ0n) is 17.7. The van der Waals surface area contributed by atoms with E-state index in [2.05, 4.69) is 15.1 Å². The number of methoxy groups -OCH3 is 1. The maximum Gasteiger partial charge on any atom is 0.238 e. The molecule has 1 fully saturated rings. The van der Waals surface area contributed by atoms with Crippen LogP contribution in [0.3, 0.4) is 0 Å². The van der Waals surface area contributed by atoms with E-state index in [0.717, 1.165) is 31.9 Å². The lowest BCUT2D eigenvalue weighted by Crippen LogP contribution is -2.50. The Bertz CT molecular complexity index is 804. The van der Waals surface area contributed by atoms with Gasteiger partial charge in [0, 0.05) is 38.4 Å². The van der Waals surface area contributed by atoms with Crippen molar-refractivity contribution in [2.45, 2.75) is 13.0 Å². The van der Waals surface area contributed by atoms with Gasteiger partial charge in [-0.3, -0.25) is 14.6 Å². The topological polar surface area (TPSA) is 74.3 Å². The van der Waals surface area contributed by atoms with Crippen LogP contribution in [-0.2, 0) is 4.79 Å². The zero-order chi connectivity index (χ0) is 21.3. The molecule has 0 aromatic heterocycles. The molecule has 0 saturated carbocycles. The van der Waals surface area contributed by atoms with E-state index >= 15 is 0 Å². The van der Waals surface area contributed by atoms with Gasteiger partial charge >= 0.3 is 0 Å². The number of piperazine rings is 1. The summed E-state index contributed by atoms with van der Waals surface area (Å²) in [5.74, 6) is 1.28. The molecular weight excluding hydrogens is 382 g/mol. The molecule has 1 atom stereocenters. The number of hydrogen-bond donors (Lipinski definition) is 2. The minimum Gasteiger partial charge on any atom is -0.493 e. The van der Waals surface area contributed by atoms with E-state index in [1.807, 2.05) is 55.5 Å². The number of benzene rings is 2. The smallest absolute Gasteiger partial charge is 0.238 e. The Labute approximate surface area is 178 Å². The molecule has 30 heavy (non-hydrogen) atoms. The van der Waals surface area contributed by atoms with Crippen molar-refractivity contribution in [3.05, 3.63) is 54.1 Å². The molecule has 2 aromatic carbocycles. The van der Waals surface area contributed by atoms with Gasteiger partial charge in [-0.05, 0) is 31.2 Å². The number of ether oxygens (including phenoxy) is 2. The Hall–Kier alpha value is -2.61. The largest absolute Gasteiger partial charge is 0.493 e. The second kappa shape index (κ2) is 11.0. The van der Waals surface area contributed by atoms with Crippen molar-refractivity contribution in [1.82, 2.24) is 9.80 Å². The molecule has 0 aliphatic carbocycles. The minimum absolute atomic E-state index is 0.00227. The van der Waals surface area contributed by atoms with E-state index in [1.165, 1.54) is 5.56 Å². The van der Waals surface area contributed by atoms with Crippen molar-refractivity contribution in [3.63, 3.8) is 0 Å². The highest BCUT2D eigenvalue weighted by Crippen LogP contribution is 2.25. The van der Waals surface area contributed by atoms with Crippen molar-refractivity contribution in [2.24, 2.45) is 0 Å². The first-order valence-electron chi connectivity index (χ1n) is 10.3. The molecule has 7 heteroatoms. The lowest BCUT2D eigenvalue weighted by Gasteiger charge is -2.35. The van der Waals surface area contributed by atoms with Crippen LogP contribution in [0.2, 0.25) is 0 Å². The lowest BCUT2D eigenvalue weighted by molar-refractivity contribution is -0.117. The molecule has 162 valence electrons. The Balaban J connectivity index is 1.35. The van der Waals surface area contributed by atoms with Crippen molar-refractivity contribution >= 4 is 11.6 Å². The number of rotatable bonds is 9. The van der Waals surface area contributed by atoms with Gasteiger partial charge in [-0.1, -0.05) is 29.8 Å². The second-order valence-electron chi connectivity index (χ2n) is 7.61. The molecule has 1 saturated heterocycles. The molecule has 0 bridgehead atoms. The maximum atomic E-state index is 12.3. The number of nitrogens with one attached hydrogen (secondary N) is 1. The van der Waals surface area contributed by atoms with Gasteiger partial charge in [0.25, 0.3) is 0 Å².